The maximum Gasteiger partial charge on any atom is 0.233 e. The first-order valence-corrected chi connectivity index (χ1v) is 11.4. The van der Waals surface area contributed by atoms with Crippen LogP contribution >= 0.6 is 11.8 Å². The van der Waals surface area contributed by atoms with Crippen molar-refractivity contribution in [1.29, 1.82) is 0 Å². The Labute approximate surface area is 191 Å². The number of nitrogens with zero attached hydrogens (tertiary/aromatic N) is 4. The summed E-state index contributed by atoms with van der Waals surface area (Å²) in [6.45, 7) is 4.86. The number of anilines is 1. The van der Waals surface area contributed by atoms with E-state index >= 15 is 0 Å². The van der Waals surface area contributed by atoms with E-state index in [1.165, 1.54) is 23.9 Å². The van der Waals surface area contributed by atoms with Crippen LogP contribution in [0.3, 0.4) is 0 Å². The fourth-order valence-electron chi connectivity index (χ4n) is 3.58. The lowest BCUT2D eigenvalue weighted by Crippen LogP contribution is -2.49. The van der Waals surface area contributed by atoms with E-state index in [-0.39, 0.29) is 11.7 Å². The number of thioether (sulfide) groups is 1. The number of amides is 1. The molecule has 6 nitrogen and oxygen atoms in total. The molecule has 0 atom stereocenters. The molecule has 0 aliphatic carbocycles. The molecule has 3 aromatic rings. The first-order valence-electron chi connectivity index (χ1n) is 10.4. The third-order valence-corrected chi connectivity index (χ3v) is 6.24. The van der Waals surface area contributed by atoms with E-state index in [0.717, 1.165) is 40.8 Å². The topological polar surface area (TPSA) is 58.6 Å². The van der Waals surface area contributed by atoms with Gasteiger partial charge in [0, 0.05) is 43.1 Å². The smallest absolute Gasteiger partial charge is 0.233 e. The molecule has 4 rings (SSSR count). The molecule has 0 saturated carbocycles. The van der Waals surface area contributed by atoms with Gasteiger partial charge in [0.1, 0.15) is 16.6 Å². The van der Waals surface area contributed by atoms with Gasteiger partial charge in [-0.3, -0.25) is 4.79 Å². The minimum absolute atomic E-state index is 0.101. The van der Waals surface area contributed by atoms with Gasteiger partial charge in [-0.2, -0.15) is 0 Å². The summed E-state index contributed by atoms with van der Waals surface area (Å²) in [4.78, 5) is 25.9. The monoisotopic (exact) mass is 452 g/mol. The Bertz CT molecular complexity index is 1070. The number of aryl methyl sites for hydroxylation is 1. The number of methoxy groups -OCH3 is 1. The highest BCUT2D eigenvalue weighted by Crippen LogP contribution is 2.24. The summed E-state index contributed by atoms with van der Waals surface area (Å²) in [5.74, 6) is 1.50. The van der Waals surface area contributed by atoms with Crippen LogP contribution in [0.5, 0.6) is 5.75 Å². The molecule has 1 aliphatic rings. The second kappa shape index (κ2) is 9.99. The fourth-order valence-corrected chi connectivity index (χ4v) is 4.43. The highest BCUT2D eigenvalue weighted by atomic mass is 32.2. The lowest BCUT2D eigenvalue weighted by molar-refractivity contribution is -0.128. The van der Waals surface area contributed by atoms with Gasteiger partial charge in [-0.1, -0.05) is 11.8 Å². The van der Waals surface area contributed by atoms with Crippen molar-refractivity contribution in [3.05, 3.63) is 66.1 Å². The third-order valence-electron chi connectivity index (χ3n) is 5.35. The number of carbonyl (C=O) groups is 1. The van der Waals surface area contributed by atoms with E-state index in [4.69, 9.17) is 4.74 Å². The average molecular weight is 453 g/mol. The molecule has 166 valence electrons. The minimum Gasteiger partial charge on any atom is -0.497 e. The van der Waals surface area contributed by atoms with Crippen LogP contribution in [-0.2, 0) is 4.79 Å². The van der Waals surface area contributed by atoms with Crippen LogP contribution in [0.1, 0.15) is 5.69 Å². The van der Waals surface area contributed by atoms with E-state index in [0.29, 0.717) is 24.7 Å². The van der Waals surface area contributed by atoms with Crippen LogP contribution < -0.4 is 9.64 Å². The molecule has 0 unspecified atom stereocenters. The van der Waals surface area contributed by atoms with Gasteiger partial charge in [0.05, 0.1) is 12.9 Å². The van der Waals surface area contributed by atoms with Gasteiger partial charge in [-0.25, -0.2) is 14.4 Å². The molecule has 2 aromatic carbocycles. The van der Waals surface area contributed by atoms with E-state index in [2.05, 4.69) is 14.9 Å². The average Bonchev–Trinajstić information content (AvgIpc) is 2.83. The number of hydrogen-bond donors (Lipinski definition) is 0. The molecule has 1 aliphatic heterocycles. The summed E-state index contributed by atoms with van der Waals surface area (Å²) >= 11 is 1.41. The van der Waals surface area contributed by atoms with E-state index in [1.54, 1.807) is 19.2 Å². The molecular formula is C24H25FN4O2S. The number of aromatic nitrogens is 2. The Kier molecular flexibility index (Phi) is 6.90. The summed E-state index contributed by atoms with van der Waals surface area (Å²) in [6, 6.07) is 16.0. The summed E-state index contributed by atoms with van der Waals surface area (Å²) in [7, 11) is 1.66. The molecule has 1 amide bonds. The normalized spacial score (nSPS) is 13.8. The molecule has 0 N–H and O–H groups in total. The molecule has 1 fully saturated rings. The molecule has 1 aromatic heterocycles. The van der Waals surface area contributed by atoms with Crippen molar-refractivity contribution < 1.29 is 13.9 Å². The third kappa shape index (κ3) is 5.37. The summed E-state index contributed by atoms with van der Waals surface area (Å²) in [5.41, 5.74) is 2.69. The lowest BCUT2D eigenvalue weighted by Gasteiger charge is -2.36. The maximum atomic E-state index is 13.2. The number of benzene rings is 2. The van der Waals surface area contributed by atoms with Crippen molar-refractivity contribution >= 4 is 23.4 Å². The Balaban J connectivity index is 1.32. The van der Waals surface area contributed by atoms with E-state index in [1.807, 2.05) is 42.2 Å². The van der Waals surface area contributed by atoms with Crippen LogP contribution in [0, 0.1) is 12.7 Å². The lowest BCUT2D eigenvalue weighted by atomic mass is 10.2. The Hall–Kier alpha value is -3.13. The minimum atomic E-state index is -0.298. The number of ether oxygens (including phenoxy) is 1. The zero-order valence-electron chi connectivity index (χ0n) is 18.1. The summed E-state index contributed by atoms with van der Waals surface area (Å²) < 4.78 is 18.4. The number of hydrogen-bond acceptors (Lipinski definition) is 6. The first-order chi connectivity index (χ1) is 15.5. The number of halogens is 1. The quantitative estimate of drug-likeness (QED) is 0.416. The van der Waals surface area contributed by atoms with Crippen LogP contribution in [0.25, 0.3) is 11.4 Å². The van der Waals surface area contributed by atoms with Crippen molar-refractivity contribution in [3.63, 3.8) is 0 Å². The predicted octanol–water partition coefficient (Wildman–Crippen LogP) is 4.04. The van der Waals surface area contributed by atoms with Crippen LogP contribution in [0.15, 0.2) is 59.6 Å². The fraction of sp³-hybridized carbons (Fsp3) is 0.292. The molecule has 0 bridgehead atoms. The summed E-state index contributed by atoms with van der Waals surface area (Å²) in [5, 5.41) is 0.738. The highest BCUT2D eigenvalue weighted by Gasteiger charge is 2.21. The SMILES string of the molecule is COc1ccc(N2CCN(C(=O)CSc3cc(C)nc(-c4ccc(F)cc4)n3)CC2)cc1. The number of rotatable bonds is 6. The van der Waals surface area contributed by atoms with Crippen molar-refractivity contribution in [3.8, 4) is 17.1 Å². The van der Waals surface area contributed by atoms with Gasteiger partial charge in [-0.15, -0.1) is 0 Å². The molecule has 0 radical (unpaired) electrons. The van der Waals surface area contributed by atoms with Crippen molar-refractivity contribution in [2.24, 2.45) is 0 Å². The zero-order chi connectivity index (χ0) is 22.5. The Morgan fingerprint density at radius 1 is 1.03 bits per heavy atom. The van der Waals surface area contributed by atoms with Gasteiger partial charge >= 0.3 is 0 Å². The van der Waals surface area contributed by atoms with Gasteiger partial charge in [0.2, 0.25) is 5.91 Å². The van der Waals surface area contributed by atoms with Crippen molar-refractivity contribution in [1.82, 2.24) is 14.9 Å². The Morgan fingerprint density at radius 3 is 2.38 bits per heavy atom. The van der Waals surface area contributed by atoms with E-state index in [9.17, 15) is 9.18 Å². The number of piperazine rings is 1. The standard InChI is InChI=1S/C24H25FN4O2S/c1-17-15-22(27-24(26-17)18-3-5-19(25)6-4-18)32-16-23(30)29-13-11-28(12-14-29)20-7-9-21(31-2)10-8-20/h3-10,15H,11-14,16H2,1-2H3. The highest BCUT2D eigenvalue weighted by molar-refractivity contribution is 7.99. The molecule has 8 heteroatoms. The molecule has 2 heterocycles. The van der Waals surface area contributed by atoms with Crippen LogP contribution in [-0.4, -0.2) is 59.8 Å². The van der Waals surface area contributed by atoms with Crippen molar-refractivity contribution in [2.75, 3.05) is 43.9 Å². The van der Waals surface area contributed by atoms with Crippen LogP contribution in [0.2, 0.25) is 0 Å². The van der Waals surface area contributed by atoms with Gasteiger partial charge in [0.25, 0.3) is 0 Å². The predicted molar refractivity (Wildman–Crippen MR) is 125 cm³/mol. The molecule has 0 spiro atoms. The van der Waals surface area contributed by atoms with Gasteiger partial charge in [-0.05, 0) is 61.5 Å². The molecular weight excluding hydrogens is 427 g/mol. The van der Waals surface area contributed by atoms with Gasteiger partial charge < -0.3 is 14.5 Å². The van der Waals surface area contributed by atoms with E-state index < -0.39 is 0 Å². The molecule has 1 saturated heterocycles. The maximum absolute atomic E-state index is 13.2. The summed E-state index contributed by atoms with van der Waals surface area (Å²) in [6.07, 6.45) is 0. The van der Waals surface area contributed by atoms with Crippen molar-refractivity contribution in [2.45, 2.75) is 11.9 Å². The Morgan fingerprint density at radius 2 is 1.72 bits per heavy atom. The second-order valence-electron chi connectivity index (χ2n) is 7.53. The zero-order valence-corrected chi connectivity index (χ0v) is 18.9. The van der Waals surface area contributed by atoms with Crippen LogP contribution in [0.4, 0.5) is 10.1 Å². The van der Waals surface area contributed by atoms with Gasteiger partial charge in [0.15, 0.2) is 5.82 Å². The largest absolute Gasteiger partial charge is 0.497 e. The second-order valence-corrected chi connectivity index (χ2v) is 8.53. The molecule has 32 heavy (non-hydrogen) atoms. The first kappa shape index (κ1) is 22.1. The number of carbonyl (C=O) groups excluding carboxylic acids is 1.